The number of urea groups is 1. The van der Waals surface area contributed by atoms with E-state index in [2.05, 4.69) is 32.3 Å². The third-order valence-electron chi connectivity index (χ3n) is 4.19. The van der Waals surface area contributed by atoms with Gasteiger partial charge in [-0.2, -0.15) is 0 Å². The minimum atomic E-state index is -0.551. The molecule has 2 aromatic rings. The molecular weight excluding hydrogens is 392 g/mol. The van der Waals surface area contributed by atoms with Gasteiger partial charge in [0.25, 0.3) is 0 Å². The van der Waals surface area contributed by atoms with Crippen molar-refractivity contribution in [3.8, 4) is 5.69 Å². The molecule has 0 unspecified atom stereocenters. The highest BCUT2D eigenvalue weighted by Crippen LogP contribution is 2.27. The Morgan fingerprint density at radius 3 is 2.66 bits per heavy atom. The Morgan fingerprint density at radius 2 is 1.97 bits per heavy atom. The van der Waals surface area contributed by atoms with E-state index in [0.29, 0.717) is 24.3 Å². The first-order valence-corrected chi connectivity index (χ1v) is 10.2. The number of thioether (sulfide) groups is 1. The van der Waals surface area contributed by atoms with Gasteiger partial charge in [-0.3, -0.25) is 14.7 Å². The van der Waals surface area contributed by atoms with E-state index in [-0.39, 0.29) is 12.3 Å². The van der Waals surface area contributed by atoms with Gasteiger partial charge in [-0.1, -0.05) is 35.5 Å². The van der Waals surface area contributed by atoms with Gasteiger partial charge in [0.05, 0.1) is 24.7 Å². The number of hydrogen-bond acceptors (Lipinski definition) is 7. The molecule has 2 heterocycles. The van der Waals surface area contributed by atoms with Crippen LogP contribution >= 0.6 is 11.8 Å². The van der Waals surface area contributed by atoms with E-state index in [9.17, 15) is 9.59 Å². The molecule has 1 aliphatic rings. The van der Waals surface area contributed by atoms with E-state index >= 15 is 0 Å². The quantitative estimate of drug-likeness (QED) is 0.521. The zero-order valence-electron chi connectivity index (χ0n) is 16.3. The minimum Gasteiger partial charge on any atom is -0.378 e. The molecule has 29 heavy (non-hydrogen) atoms. The maximum Gasteiger partial charge on any atom is 0.321 e. The summed E-state index contributed by atoms with van der Waals surface area (Å²) in [4.78, 5) is 25.8. The van der Waals surface area contributed by atoms with Crippen LogP contribution in [0.15, 0.2) is 42.1 Å². The van der Waals surface area contributed by atoms with Gasteiger partial charge in [-0.15, -0.1) is 16.8 Å². The van der Waals surface area contributed by atoms with Crippen molar-refractivity contribution in [2.75, 3.05) is 43.5 Å². The van der Waals surface area contributed by atoms with Crippen molar-refractivity contribution in [3.63, 3.8) is 0 Å². The number of aromatic nitrogens is 3. The number of aryl methyl sites for hydroxylation is 1. The molecule has 1 saturated heterocycles. The summed E-state index contributed by atoms with van der Waals surface area (Å²) in [6.07, 6.45) is 1.54. The fourth-order valence-electron chi connectivity index (χ4n) is 2.75. The smallest absolute Gasteiger partial charge is 0.321 e. The van der Waals surface area contributed by atoms with Gasteiger partial charge < -0.3 is 15.0 Å². The summed E-state index contributed by atoms with van der Waals surface area (Å²) in [6.45, 7) is 8.53. The van der Waals surface area contributed by atoms with Crippen LogP contribution in [0.4, 0.5) is 10.7 Å². The lowest BCUT2D eigenvalue weighted by molar-refractivity contribution is -0.117. The summed E-state index contributed by atoms with van der Waals surface area (Å²) in [6, 6.07) is 7.47. The molecular formula is C19H24N6O3S. The summed E-state index contributed by atoms with van der Waals surface area (Å²) < 4.78 is 7.36. The number of anilines is 1. The fourth-order valence-corrected chi connectivity index (χ4v) is 3.49. The van der Waals surface area contributed by atoms with E-state index < -0.39 is 11.9 Å². The third kappa shape index (κ3) is 5.58. The Hall–Kier alpha value is -2.85. The standard InChI is InChI=1S/C19H24N6O3S/c1-3-8-20-17(27)21-16(26)13-29-19-23-22-18(24-9-11-28-12-10-24)25(19)15-6-4-14(2)5-7-15/h3-7H,1,8-13H2,2H3,(H2,20,21,26,27). The first kappa shape index (κ1) is 20.9. The molecule has 0 saturated carbocycles. The second-order valence-corrected chi connectivity index (χ2v) is 7.33. The molecule has 2 N–H and O–H groups in total. The number of carbonyl (C=O) groups is 2. The molecule has 1 aliphatic heterocycles. The van der Waals surface area contributed by atoms with Gasteiger partial charge in [0.2, 0.25) is 11.9 Å². The molecule has 0 atom stereocenters. The number of carbonyl (C=O) groups excluding carboxylic acids is 2. The first-order chi connectivity index (χ1) is 14.1. The van der Waals surface area contributed by atoms with E-state index in [0.717, 1.165) is 24.3 Å². The SMILES string of the molecule is C=CCNC(=O)NC(=O)CSc1nnc(N2CCOCC2)n1-c1ccc(C)cc1. The van der Waals surface area contributed by atoms with Crippen molar-refractivity contribution in [3.05, 3.63) is 42.5 Å². The Balaban J connectivity index is 1.76. The molecule has 3 amide bonds. The molecule has 0 bridgehead atoms. The predicted molar refractivity (Wildman–Crippen MR) is 112 cm³/mol. The highest BCUT2D eigenvalue weighted by Gasteiger charge is 2.22. The van der Waals surface area contributed by atoms with Crippen LogP contribution in [0.2, 0.25) is 0 Å². The van der Waals surface area contributed by atoms with Crippen LogP contribution in [-0.2, 0) is 9.53 Å². The van der Waals surface area contributed by atoms with Gasteiger partial charge in [0, 0.05) is 19.6 Å². The van der Waals surface area contributed by atoms with Crippen molar-refractivity contribution >= 4 is 29.6 Å². The van der Waals surface area contributed by atoms with E-state index in [1.807, 2.05) is 35.8 Å². The molecule has 1 aromatic heterocycles. The van der Waals surface area contributed by atoms with Crippen LogP contribution in [0.3, 0.4) is 0 Å². The van der Waals surface area contributed by atoms with Crippen molar-refractivity contribution in [2.24, 2.45) is 0 Å². The Labute approximate surface area is 173 Å². The average Bonchev–Trinajstić information content (AvgIpc) is 3.16. The van der Waals surface area contributed by atoms with Gasteiger partial charge in [-0.25, -0.2) is 4.79 Å². The fraction of sp³-hybridized carbons (Fsp3) is 0.368. The Bertz CT molecular complexity index is 861. The monoisotopic (exact) mass is 416 g/mol. The van der Waals surface area contributed by atoms with Crippen molar-refractivity contribution in [1.29, 1.82) is 0 Å². The number of ether oxygens (including phenoxy) is 1. The zero-order chi connectivity index (χ0) is 20.6. The molecule has 0 spiro atoms. The van der Waals surface area contributed by atoms with Crippen LogP contribution in [-0.4, -0.2) is 65.3 Å². The van der Waals surface area contributed by atoms with E-state index in [1.165, 1.54) is 17.8 Å². The highest BCUT2D eigenvalue weighted by molar-refractivity contribution is 7.99. The summed E-state index contributed by atoms with van der Waals surface area (Å²) in [5.74, 6) is 0.334. The van der Waals surface area contributed by atoms with Gasteiger partial charge in [0.1, 0.15) is 0 Å². The predicted octanol–water partition coefficient (Wildman–Crippen LogP) is 1.52. The van der Waals surface area contributed by atoms with Gasteiger partial charge in [-0.05, 0) is 19.1 Å². The van der Waals surface area contributed by atoms with Crippen LogP contribution in [0.1, 0.15) is 5.56 Å². The number of imide groups is 1. The van der Waals surface area contributed by atoms with Crippen LogP contribution in [0.25, 0.3) is 5.69 Å². The summed E-state index contributed by atoms with van der Waals surface area (Å²) in [5, 5.41) is 14.0. The molecule has 1 aromatic carbocycles. The number of hydrogen-bond donors (Lipinski definition) is 2. The normalized spacial score (nSPS) is 13.8. The molecule has 0 aliphatic carbocycles. The van der Waals surface area contributed by atoms with Gasteiger partial charge in [0.15, 0.2) is 5.16 Å². The number of amides is 3. The van der Waals surface area contributed by atoms with Gasteiger partial charge >= 0.3 is 6.03 Å². The second-order valence-electron chi connectivity index (χ2n) is 6.39. The average molecular weight is 417 g/mol. The Morgan fingerprint density at radius 1 is 1.24 bits per heavy atom. The van der Waals surface area contributed by atoms with Crippen LogP contribution in [0, 0.1) is 6.92 Å². The van der Waals surface area contributed by atoms with Crippen LogP contribution in [0.5, 0.6) is 0 Å². The van der Waals surface area contributed by atoms with E-state index in [1.54, 1.807) is 0 Å². The van der Waals surface area contributed by atoms with Crippen molar-refractivity contribution < 1.29 is 14.3 Å². The van der Waals surface area contributed by atoms with Crippen LogP contribution < -0.4 is 15.5 Å². The first-order valence-electron chi connectivity index (χ1n) is 9.25. The molecule has 3 rings (SSSR count). The number of nitrogens with one attached hydrogen (secondary N) is 2. The number of nitrogens with zero attached hydrogens (tertiary/aromatic N) is 4. The lowest BCUT2D eigenvalue weighted by Gasteiger charge is -2.27. The van der Waals surface area contributed by atoms with E-state index in [4.69, 9.17) is 4.74 Å². The largest absolute Gasteiger partial charge is 0.378 e. The highest BCUT2D eigenvalue weighted by atomic mass is 32.2. The molecule has 10 heteroatoms. The number of morpholine rings is 1. The maximum atomic E-state index is 12.1. The second kappa shape index (κ2) is 10.1. The molecule has 0 radical (unpaired) electrons. The van der Waals surface area contributed by atoms with Crippen molar-refractivity contribution in [1.82, 2.24) is 25.4 Å². The molecule has 9 nitrogen and oxygen atoms in total. The summed E-state index contributed by atoms with van der Waals surface area (Å²) in [5.41, 5.74) is 2.06. The molecule has 154 valence electrons. The van der Waals surface area contributed by atoms with Crippen molar-refractivity contribution in [2.45, 2.75) is 12.1 Å². The lowest BCUT2D eigenvalue weighted by Crippen LogP contribution is -2.40. The topological polar surface area (TPSA) is 101 Å². The summed E-state index contributed by atoms with van der Waals surface area (Å²) in [7, 11) is 0. The summed E-state index contributed by atoms with van der Waals surface area (Å²) >= 11 is 1.22. The zero-order valence-corrected chi connectivity index (χ0v) is 17.1. The third-order valence-corrected chi connectivity index (χ3v) is 5.12. The number of benzene rings is 1. The molecule has 1 fully saturated rings. The maximum absolute atomic E-state index is 12.1. The minimum absolute atomic E-state index is 0.0363. The number of rotatable bonds is 7. The lowest BCUT2D eigenvalue weighted by atomic mass is 10.2. The Kier molecular flexibility index (Phi) is 7.25.